The normalized spacial score (nSPS) is 12.4. The number of nitro groups is 1. The Kier molecular flexibility index (Phi) is 3.64. The Morgan fingerprint density at radius 3 is 2.25 bits per heavy atom. The Balaban J connectivity index is 2.69. The maximum absolute atomic E-state index is 11.1. The highest BCUT2D eigenvalue weighted by Crippen LogP contribution is 2.27. The molecule has 20 heavy (non-hydrogen) atoms. The van der Waals surface area contributed by atoms with Crippen molar-refractivity contribution in [3.63, 3.8) is 0 Å². The van der Waals surface area contributed by atoms with Gasteiger partial charge in [-0.25, -0.2) is 0 Å². The predicted octanol–water partition coefficient (Wildman–Crippen LogP) is 1.76. The van der Waals surface area contributed by atoms with Crippen LogP contribution < -0.4 is 0 Å². The summed E-state index contributed by atoms with van der Waals surface area (Å²) in [6.45, 7) is 5.59. The summed E-state index contributed by atoms with van der Waals surface area (Å²) in [7, 11) is 0. The van der Waals surface area contributed by atoms with Gasteiger partial charge >= 0.3 is 17.2 Å². The van der Waals surface area contributed by atoms with Crippen molar-refractivity contribution in [3.05, 3.63) is 38.9 Å². The molecular weight excluding hydrogens is 284 g/mol. The predicted molar refractivity (Wildman–Crippen MR) is 72.5 cm³/mol. The van der Waals surface area contributed by atoms with E-state index in [2.05, 4.69) is 10.1 Å². The minimum absolute atomic E-state index is 0.0640. The zero-order chi connectivity index (χ0) is 15.0. The van der Waals surface area contributed by atoms with Gasteiger partial charge in [0, 0.05) is 5.56 Å². The topological polar surface area (TPSA) is 111 Å². The molecule has 1 aromatic carbocycles. The highest BCUT2D eigenvalue weighted by atomic mass is 32.2. The minimum atomic E-state index is -2.63. The fraction of sp³-hybridized carbons (Fsp3) is 0.273. The van der Waals surface area contributed by atoms with Gasteiger partial charge in [0.15, 0.2) is 0 Å². The number of aryl methyl sites for hydroxylation is 3. The molecule has 1 atom stereocenters. The lowest BCUT2D eigenvalue weighted by atomic mass is 9.99. The average Bonchev–Trinajstić information content (AvgIpc) is 2.72. The van der Waals surface area contributed by atoms with Crippen LogP contribution in [0, 0.1) is 30.9 Å². The molecule has 1 heterocycles. The molecule has 0 fully saturated rings. The molecule has 0 saturated heterocycles. The maximum atomic E-state index is 11.1. The monoisotopic (exact) mass is 296 g/mol. The van der Waals surface area contributed by atoms with Crippen LogP contribution in [0.5, 0.6) is 0 Å². The van der Waals surface area contributed by atoms with E-state index in [0.29, 0.717) is 9.65 Å². The van der Waals surface area contributed by atoms with Crippen molar-refractivity contribution in [2.45, 2.75) is 20.8 Å². The molecule has 8 nitrogen and oxygen atoms in total. The van der Waals surface area contributed by atoms with Gasteiger partial charge in [-0.1, -0.05) is 22.8 Å². The summed E-state index contributed by atoms with van der Waals surface area (Å²) >= 11 is -2.63. The molecule has 0 amide bonds. The molecule has 0 spiro atoms. The molecule has 2 rings (SSSR count). The van der Waals surface area contributed by atoms with E-state index < -0.39 is 22.1 Å². The summed E-state index contributed by atoms with van der Waals surface area (Å²) in [6, 6.07) is 3.79. The first-order valence-corrected chi connectivity index (χ1v) is 6.68. The largest absolute Gasteiger partial charge is 0.472 e. The van der Waals surface area contributed by atoms with E-state index in [1.165, 1.54) is 0 Å². The average molecular weight is 296 g/mol. The third-order valence-corrected chi connectivity index (χ3v) is 3.32. The number of hydrogen-bond acceptors (Lipinski definition) is 5. The summed E-state index contributed by atoms with van der Waals surface area (Å²) in [6.07, 6.45) is 0. The fourth-order valence-electron chi connectivity index (χ4n) is 2.14. The molecule has 0 bridgehead atoms. The molecule has 0 aliphatic carbocycles. The lowest BCUT2D eigenvalue weighted by Crippen LogP contribution is -2.08. The van der Waals surface area contributed by atoms with Crippen LogP contribution >= 0.6 is 0 Å². The van der Waals surface area contributed by atoms with E-state index in [9.17, 15) is 14.3 Å². The van der Waals surface area contributed by atoms with Crippen LogP contribution in [0.4, 0.5) is 5.95 Å². The van der Waals surface area contributed by atoms with Crippen LogP contribution in [0.1, 0.15) is 16.7 Å². The molecule has 1 N–H and O–H groups in total. The number of benzene rings is 1. The summed E-state index contributed by atoms with van der Waals surface area (Å²) in [5.74, 6) is -0.700. The van der Waals surface area contributed by atoms with Crippen LogP contribution in [0.25, 0.3) is 11.4 Å². The Morgan fingerprint density at radius 2 is 1.85 bits per heavy atom. The molecule has 106 valence electrons. The SMILES string of the molecule is Cc1cc(C)c(-c2nc([N+](=O)[O-])n(S(=O)O)n2)c(C)c1. The van der Waals surface area contributed by atoms with Crippen LogP contribution in [-0.4, -0.2) is 27.9 Å². The molecule has 2 aromatic rings. The van der Waals surface area contributed by atoms with E-state index >= 15 is 0 Å². The Hall–Kier alpha value is -2.13. The van der Waals surface area contributed by atoms with E-state index in [1.54, 1.807) is 0 Å². The Bertz CT molecular complexity index is 671. The van der Waals surface area contributed by atoms with Crippen molar-refractivity contribution in [2.24, 2.45) is 0 Å². The fourth-order valence-corrected chi connectivity index (χ4v) is 2.54. The second-order valence-electron chi connectivity index (χ2n) is 4.37. The molecule has 1 aromatic heterocycles. The van der Waals surface area contributed by atoms with Crippen molar-refractivity contribution in [1.29, 1.82) is 0 Å². The van der Waals surface area contributed by atoms with Gasteiger partial charge < -0.3 is 10.1 Å². The zero-order valence-electron chi connectivity index (χ0n) is 11.0. The van der Waals surface area contributed by atoms with Crippen LogP contribution in [-0.2, 0) is 11.3 Å². The molecule has 1 unspecified atom stereocenters. The van der Waals surface area contributed by atoms with Crippen molar-refractivity contribution in [1.82, 2.24) is 14.2 Å². The van der Waals surface area contributed by atoms with Gasteiger partial charge in [-0.05, 0) is 45.9 Å². The smallest absolute Gasteiger partial charge is 0.390 e. The van der Waals surface area contributed by atoms with Crippen molar-refractivity contribution < 1.29 is 13.7 Å². The quantitative estimate of drug-likeness (QED) is 0.525. The molecular formula is C11H12N4O4S. The summed E-state index contributed by atoms with van der Waals surface area (Å²) in [5.41, 5.74) is 3.36. The van der Waals surface area contributed by atoms with E-state index in [4.69, 9.17) is 4.55 Å². The zero-order valence-corrected chi connectivity index (χ0v) is 11.8. The van der Waals surface area contributed by atoms with Crippen molar-refractivity contribution in [2.75, 3.05) is 0 Å². The van der Waals surface area contributed by atoms with Crippen LogP contribution in [0.3, 0.4) is 0 Å². The minimum Gasteiger partial charge on any atom is -0.390 e. The Morgan fingerprint density at radius 1 is 1.30 bits per heavy atom. The lowest BCUT2D eigenvalue weighted by Gasteiger charge is -2.05. The maximum Gasteiger partial charge on any atom is 0.472 e. The number of nitrogens with zero attached hydrogens (tertiary/aromatic N) is 4. The summed E-state index contributed by atoms with van der Waals surface area (Å²) < 4.78 is 20.5. The summed E-state index contributed by atoms with van der Waals surface area (Å²) in [5, 5.41) is 14.6. The van der Waals surface area contributed by atoms with Gasteiger partial charge in [0.25, 0.3) is 5.82 Å². The molecule has 0 saturated carbocycles. The van der Waals surface area contributed by atoms with Crippen LogP contribution in [0.15, 0.2) is 12.1 Å². The van der Waals surface area contributed by atoms with Crippen molar-refractivity contribution >= 4 is 17.2 Å². The standard InChI is InChI=1S/C11H12N4O4S/c1-6-4-7(2)9(8(3)5-6)10-12-11(15(16)17)14(13-10)20(18)19/h4-5H,1-3H3,(H,18,19). The van der Waals surface area contributed by atoms with Gasteiger partial charge in [0.05, 0.1) is 0 Å². The third-order valence-electron chi connectivity index (χ3n) is 2.77. The van der Waals surface area contributed by atoms with E-state index in [-0.39, 0.29) is 5.82 Å². The van der Waals surface area contributed by atoms with Gasteiger partial charge in [0.2, 0.25) is 0 Å². The molecule has 0 radical (unpaired) electrons. The lowest BCUT2D eigenvalue weighted by molar-refractivity contribution is -0.395. The first kappa shape index (κ1) is 14.3. The van der Waals surface area contributed by atoms with Gasteiger partial charge in [-0.3, -0.25) is 4.55 Å². The number of hydrogen-bond donors (Lipinski definition) is 1. The molecule has 0 aliphatic heterocycles. The molecule has 9 heteroatoms. The molecule has 0 aliphatic rings. The van der Waals surface area contributed by atoms with Gasteiger partial charge in [-0.2, -0.15) is 4.21 Å². The van der Waals surface area contributed by atoms with E-state index in [1.807, 2.05) is 32.9 Å². The number of rotatable bonds is 3. The van der Waals surface area contributed by atoms with Gasteiger partial charge in [-0.15, -0.1) is 0 Å². The summed E-state index contributed by atoms with van der Waals surface area (Å²) in [4.78, 5) is 13.7. The highest BCUT2D eigenvalue weighted by Gasteiger charge is 2.28. The Labute approximate surface area is 117 Å². The number of aromatic nitrogens is 3. The highest BCUT2D eigenvalue weighted by molar-refractivity contribution is 7.77. The van der Waals surface area contributed by atoms with Gasteiger partial charge in [0.1, 0.15) is 0 Å². The van der Waals surface area contributed by atoms with Crippen molar-refractivity contribution in [3.8, 4) is 11.4 Å². The van der Waals surface area contributed by atoms with Crippen LogP contribution in [0.2, 0.25) is 0 Å². The second-order valence-corrected chi connectivity index (χ2v) is 5.18. The first-order chi connectivity index (χ1) is 9.31. The first-order valence-electron chi connectivity index (χ1n) is 5.62. The second kappa shape index (κ2) is 5.10. The van der Waals surface area contributed by atoms with E-state index in [0.717, 1.165) is 16.7 Å². The third kappa shape index (κ3) is 2.45.